The van der Waals surface area contributed by atoms with Gasteiger partial charge in [0.05, 0.1) is 0 Å². The third-order valence-electron chi connectivity index (χ3n) is 5.29. The molecule has 2 aliphatic rings. The van der Waals surface area contributed by atoms with E-state index in [0.717, 1.165) is 5.92 Å². The number of aliphatic hydroxyl groups excluding tert-OH is 1. The second-order valence-electron chi connectivity index (χ2n) is 6.36. The molecular formula is C15H28O. The molecule has 1 nitrogen and oxygen atoms in total. The van der Waals surface area contributed by atoms with Crippen LogP contribution in [0.5, 0.6) is 0 Å². The van der Waals surface area contributed by atoms with Crippen molar-refractivity contribution in [3.63, 3.8) is 0 Å². The zero-order chi connectivity index (χ0) is 11.4. The van der Waals surface area contributed by atoms with Gasteiger partial charge in [-0.05, 0) is 68.6 Å². The normalized spacial score (nSPS) is 40.1. The molecule has 2 saturated carbocycles. The van der Waals surface area contributed by atoms with Gasteiger partial charge in [0, 0.05) is 6.61 Å². The zero-order valence-electron chi connectivity index (χ0n) is 10.9. The summed E-state index contributed by atoms with van der Waals surface area (Å²) >= 11 is 0. The van der Waals surface area contributed by atoms with E-state index in [9.17, 15) is 5.11 Å². The van der Waals surface area contributed by atoms with Crippen molar-refractivity contribution in [1.82, 2.24) is 0 Å². The Kier molecular flexibility index (Phi) is 4.29. The average Bonchev–Trinajstić information content (AvgIpc) is 2.34. The largest absolute Gasteiger partial charge is 0.396 e. The highest BCUT2D eigenvalue weighted by Gasteiger charge is 2.37. The van der Waals surface area contributed by atoms with Gasteiger partial charge in [-0.15, -0.1) is 0 Å². The third kappa shape index (κ3) is 2.80. The fraction of sp³-hybridized carbons (Fsp3) is 1.00. The van der Waals surface area contributed by atoms with Crippen LogP contribution >= 0.6 is 0 Å². The van der Waals surface area contributed by atoms with E-state index < -0.39 is 0 Å². The quantitative estimate of drug-likeness (QED) is 0.763. The summed E-state index contributed by atoms with van der Waals surface area (Å²) in [5.41, 5.74) is 0.704. The van der Waals surface area contributed by atoms with Gasteiger partial charge in [0.1, 0.15) is 0 Å². The lowest BCUT2D eigenvalue weighted by atomic mass is 9.61. The molecule has 0 aliphatic heterocycles. The van der Waals surface area contributed by atoms with E-state index in [1.54, 1.807) is 0 Å². The first kappa shape index (κ1) is 12.4. The van der Waals surface area contributed by atoms with Gasteiger partial charge < -0.3 is 5.11 Å². The fourth-order valence-corrected chi connectivity index (χ4v) is 3.96. The molecule has 2 rings (SSSR count). The second kappa shape index (κ2) is 5.53. The highest BCUT2D eigenvalue weighted by atomic mass is 16.3. The van der Waals surface area contributed by atoms with Crippen LogP contribution in [0.25, 0.3) is 0 Å². The van der Waals surface area contributed by atoms with Crippen molar-refractivity contribution in [2.24, 2.45) is 17.3 Å². The van der Waals surface area contributed by atoms with Gasteiger partial charge in [0.25, 0.3) is 0 Å². The summed E-state index contributed by atoms with van der Waals surface area (Å²) in [6, 6.07) is 0. The van der Waals surface area contributed by atoms with Crippen molar-refractivity contribution in [2.45, 2.75) is 71.1 Å². The Morgan fingerprint density at radius 1 is 0.938 bits per heavy atom. The minimum absolute atomic E-state index is 0.425. The molecule has 94 valence electrons. The molecule has 0 bridgehead atoms. The topological polar surface area (TPSA) is 20.2 Å². The molecule has 1 heteroatoms. The molecule has 0 saturated heterocycles. The minimum Gasteiger partial charge on any atom is -0.396 e. The predicted molar refractivity (Wildman–Crippen MR) is 68.3 cm³/mol. The molecular weight excluding hydrogens is 196 g/mol. The summed E-state index contributed by atoms with van der Waals surface area (Å²) < 4.78 is 0. The molecule has 2 aliphatic carbocycles. The molecule has 0 amide bonds. The van der Waals surface area contributed by atoms with E-state index in [1.807, 2.05) is 0 Å². The van der Waals surface area contributed by atoms with Crippen LogP contribution < -0.4 is 0 Å². The maximum Gasteiger partial charge on any atom is 0.0459 e. The molecule has 1 spiro atoms. The van der Waals surface area contributed by atoms with Crippen LogP contribution in [0.2, 0.25) is 0 Å². The van der Waals surface area contributed by atoms with E-state index in [4.69, 9.17) is 0 Å². The van der Waals surface area contributed by atoms with Gasteiger partial charge in [0.2, 0.25) is 0 Å². The van der Waals surface area contributed by atoms with Gasteiger partial charge in [-0.3, -0.25) is 0 Å². The van der Waals surface area contributed by atoms with Crippen molar-refractivity contribution in [2.75, 3.05) is 6.61 Å². The summed E-state index contributed by atoms with van der Waals surface area (Å²) in [5.74, 6) is 1.66. The summed E-state index contributed by atoms with van der Waals surface area (Å²) in [6.07, 6.45) is 14.1. The third-order valence-corrected chi connectivity index (χ3v) is 5.29. The Bertz CT molecular complexity index is 193. The van der Waals surface area contributed by atoms with Crippen LogP contribution in [-0.2, 0) is 0 Å². The average molecular weight is 224 g/mol. The smallest absolute Gasteiger partial charge is 0.0459 e. The van der Waals surface area contributed by atoms with Gasteiger partial charge in [-0.2, -0.15) is 0 Å². The number of hydrogen-bond donors (Lipinski definition) is 1. The highest BCUT2D eigenvalue weighted by Crippen LogP contribution is 2.50. The number of hydrogen-bond acceptors (Lipinski definition) is 1. The summed E-state index contributed by atoms with van der Waals surface area (Å²) in [7, 11) is 0. The molecule has 0 aromatic heterocycles. The maximum absolute atomic E-state index is 9.19. The first-order chi connectivity index (χ1) is 7.78. The van der Waals surface area contributed by atoms with Crippen molar-refractivity contribution in [3.05, 3.63) is 0 Å². The van der Waals surface area contributed by atoms with Gasteiger partial charge >= 0.3 is 0 Å². The molecule has 0 aromatic carbocycles. The number of rotatable bonds is 3. The molecule has 0 aromatic rings. The van der Waals surface area contributed by atoms with Crippen LogP contribution in [0.15, 0.2) is 0 Å². The highest BCUT2D eigenvalue weighted by molar-refractivity contribution is 4.89. The summed E-state index contributed by atoms with van der Waals surface area (Å²) in [5, 5.41) is 9.19. The standard InChI is InChI=1S/C15H28O/c1-2-3-13-4-8-15(9-5-13)10-6-14(12-16)7-11-15/h13-14,16H,2-12H2,1H3. The van der Waals surface area contributed by atoms with Crippen molar-refractivity contribution >= 4 is 0 Å². The van der Waals surface area contributed by atoms with Gasteiger partial charge in [0.15, 0.2) is 0 Å². The maximum atomic E-state index is 9.19. The van der Waals surface area contributed by atoms with Crippen LogP contribution in [0.3, 0.4) is 0 Å². The summed E-state index contributed by atoms with van der Waals surface area (Å²) in [4.78, 5) is 0. The SMILES string of the molecule is CCCC1CCC2(CCC(CO)CC2)CC1. The Labute approximate surface area is 101 Å². The van der Waals surface area contributed by atoms with E-state index in [2.05, 4.69) is 6.92 Å². The van der Waals surface area contributed by atoms with Crippen LogP contribution in [-0.4, -0.2) is 11.7 Å². The Balaban J connectivity index is 1.79. The van der Waals surface area contributed by atoms with Crippen molar-refractivity contribution < 1.29 is 5.11 Å². The second-order valence-corrected chi connectivity index (χ2v) is 6.36. The van der Waals surface area contributed by atoms with Gasteiger partial charge in [-0.25, -0.2) is 0 Å². The molecule has 1 N–H and O–H groups in total. The van der Waals surface area contributed by atoms with Crippen LogP contribution in [0.1, 0.15) is 71.1 Å². The first-order valence-electron chi connectivity index (χ1n) is 7.39. The molecule has 16 heavy (non-hydrogen) atoms. The predicted octanol–water partition coefficient (Wildman–Crippen LogP) is 4.15. The minimum atomic E-state index is 0.425. The zero-order valence-corrected chi connectivity index (χ0v) is 10.9. The summed E-state index contributed by atoms with van der Waals surface area (Å²) in [6.45, 7) is 2.74. The molecule has 0 heterocycles. The van der Waals surface area contributed by atoms with Crippen LogP contribution in [0, 0.1) is 17.3 Å². The lowest BCUT2D eigenvalue weighted by Crippen LogP contribution is -2.32. The Morgan fingerprint density at radius 2 is 1.44 bits per heavy atom. The van der Waals surface area contributed by atoms with Crippen molar-refractivity contribution in [1.29, 1.82) is 0 Å². The van der Waals surface area contributed by atoms with E-state index in [0.29, 0.717) is 17.9 Å². The fourth-order valence-electron chi connectivity index (χ4n) is 3.96. The first-order valence-corrected chi connectivity index (χ1v) is 7.39. The monoisotopic (exact) mass is 224 g/mol. The van der Waals surface area contributed by atoms with Gasteiger partial charge in [-0.1, -0.05) is 19.8 Å². The molecule has 2 fully saturated rings. The Hall–Kier alpha value is -0.0400. The lowest BCUT2D eigenvalue weighted by molar-refractivity contribution is 0.0565. The molecule has 0 unspecified atom stereocenters. The molecule has 0 radical (unpaired) electrons. The van der Waals surface area contributed by atoms with Crippen molar-refractivity contribution in [3.8, 4) is 0 Å². The Morgan fingerprint density at radius 3 is 1.88 bits per heavy atom. The van der Waals surface area contributed by atoms with E-state index in [1.165, 1.54) is 64.2 Å². The van der Waals surface area contributed by atoms with E-state index in [-0.39, 0.29) is 0 Å². The molecule has 0 atom stereocenters. The van der Waals surface area contributed by atoms with E-state index >= 15 is 0 Å². The number of aliphatic hydroxyl groups is 1. The lowest BCUT2D eigenvalue weighted by Gasteiger charge is -2.44. The van der Waals surface area contributed by atoms with Crippen LogP contribution in [0.4, 0.5) is 0 Å².